The topological polar surface area (TPSA) is 102 Å². The highest BCUT2D eigenvalue weighted by Crippen LogP contribution is 2.46. The maximum atomic E-state index is 14.6. The Morgan fingerprint density at radius 2 is 1.66 bits per heavy atom. The SMILES string of the molecule is COCc1ccc([C@@H](NC(=O)CS(C)(=O)=O)C(=O)Nc2ccc(S(C)(C)C)c(F)c2)cc1. The van der Waals surface area contributed by atoms with Crippen LogP contribution in [-0.4, -0.2) is 58.1 Å². The lowest BCUT2D eigenvalue weighted by Crippen LogP contribution is -2.39. The van der Waals surface area contributed by atoms with E-state index < -0.39 is 49.3 Å². The maximum absolute atomic E-state index is 14.6. The first-order valence-electron chi connectivity index (χ1n) is 9.64. The highest BCUT2D eigenvalue weighted by atomic mass is 32.3. The van der Waals surface area contributed by atoms with Crippen LogP contribution in [0.15, 0.2) is 47.4 Å². The molecule has 32 heavy (non-hydrogen) atoms. The zero-order valence-electron chi connectivity index (χ0n) is 18.8. The molecule has 0 aliphatic heterocycles. The molecule has 7 nitrogen and oxygen atoms in total. The molecule has 2 aromatic rings. The lowest BCUT2D eigenvalue weighted by atomic mass is 10.0. The number of carbonyl (C=O) groups is 2. The molecule has 2 rings (SSSR count). The third-order valence-electron chi connectivity index (χ3n) is 4.44. The van der Waals surface area contributed by atoms with Gasteiger partial charge in [-0.3, -0.25) is 9.59 Å². The van der Waals surface area contributed by atoms with Crippen molar-refractivity contribution in [3.8, 4) is 0 Å². The Hall–Kier alpha value is -2.43. The summed E-state index contributed by atoms with van der Waals surface area (Å²) in [6.45, 7) is 0.374. The average molecular weight is 485 g/mol. The summed E-state index contributed by atoms with van der Waals surface area (Å²) in [5.41, 5.74) is 1.54. The Kier molecular flexibility index (Phi) is 8.44. The minimum absolute atomic E-state index is 0.235. The van der Waals surface area contributed by atoms with E-state index in [1.54, 1.807) is 43.5 Å². The van der Waals surface area contributed by atoms with Gasteiger partial charge in [0.2, 0.25) is 5.91 Å². The third kappa shape index (κ3) is 7.61. The van der Waals surface area contributed by atoms with Gasteiger partial charge in [0.15, 0.2) is 9.84 Å². The number of carbonyl (C=O) groups excluding carboxylic acids is 2. The molecule has 2 amide bonds. The van der Waals surface area contributed by atoms with Gasteiger partial charge in [0.1, 0.15) is 17.6 Å². The molecule has 0 unspecified atom stereocenters. The van der Waals surface area contributed by atoms with Crippen LogP contribution >= 0.6 is 10.0 Å². The summed E-state index contributed by atoms with van der Waals surface area (Å²) in [6.07, 6.45) is 6.82. The fourth-order valence-electron chi connectivity index (χ4n) is 3.00. The Bertz CT molecular complexity index is 1080. The van der Waals surface area contributed by atoms with Gasteiger partial charge in [-0.2, -0.15) is 0 Å². The molecule has 0 aliphatic rings. The van der Waals surface area contributed by atoms with Gasteiger partial charge in [-0.05, 0) is 48.1 Å². The second kappa shape index (κ2) is 10.5. The number of anilines is 1. The Morgan fingerprint density at radius 3 is 2.16 bits per heavy atom. The van der Waals surface area contributed by atoms with Gasteiger partial charge in [-0.15, -0.1) is 0 Å². The van der Waals surface area contributed by atoms with E-state index in [0.717, 1.165) is 11.8 Å². The van der Waals surface area contributed by atoms with Gasteiger partial charge in [0.25, 0.3) is 5.91 Å². The fraction of sp³-hybridized carbons (Fsp3) is 0.364. The molecule has 0 radical (unpaired) electrons. The van der Waals surface area contributed by atoms with Crippen molar-refractivity contribution in [2.75, 3.05) is 43.2 Å². The highest BCUT2D eigenvalue weighted by Gasteiger charge is 2.25. The summed E-state index contributed by atoms with van der Waals surface area (Å²) in [5, 5.41) is 5.07. The maximum Gasteiger partial charge on any atom is 0.251 e. The number of hydrogen-bond acceptors (Lipinski definition) is 5. The highest BCUT2D eigenvalue weighted by molar-refractivity contribution is 8.32. The molecular formula is C22H29FN2O5S2. The van der Waals surface area contributed by atoms with Crippen LogP contribution in [0.3, 0.4) is 0 Å². The second-order valence-corrected chi connectivity index (χ2v) is 14.5. The quantitative estimate of drug-likeness (QED) is 0.570. The summed E-state index contributed by atoms with van der Waals surface area (Å²) < 4.78 is 42.6. The predicted octanol–water partition coefficient (Wildman–Crippen LogP) is 2.87. The Labute approximate surface area is 190 Å². The summed E-state index contributed by atoms with van der Waals surface area (Å²) >= 11 is 0. The van der Waals surface area contributed by atoms with E-state index in [4.69, 9.17) is 4.74 Å². The molecule has 2 N–H and O–H groups in total. The van der Waals surface area contributed by atoms with E-state index in [2.05, 4.69) is 10.6 Å². The standard InChI is InChI=1S/C22H29FN2O5S2/c1-30-13-15-6-8-16(9-7-15)21(25-20(26)14-32(5,28)29)22(27)24-17-10-11-19(18(23)12-17)31(2,3)4/h6-12,21H,13-14H2,1-5H3,(H,24,27)(H,25,26)/t21-/m1/s1. The van der Waals surface area contributed by atoms with Crippen molar-refractivity contribution in [1.82, 2.24) is 5.32 Å². The molecule has 0 saturated heterocycles. The molecule has 0 heterocycles. The van der Waals surface area contributed by atoms with Crippen LogP contribution in [0.1, 0.15) is 17.2 Å². The van der Waals surface area contributed by atoms with Crippen molar-refractivity contribution >= 4 is 37.4 Å². The summed E-state index contributed by atoms with van der Waals surface area (Å²) in [6, 6.07) is 10.1. The number of ether oxygens (including phenoxy) is 1. The van der Waals surface area contributed by atoms with Crippen LogP contribution in [0.25, 0.3) is 0 Å². The molecule has 0 aromatic heterocycles. The first kappa shape index (κ1) is 25.8. The van der Waals surface area contributed by atoms with Crippen molar-refractivity contribution in [3.63, 3.8) is 0 Å². The number of benzene rings is 2. The lowest BCUT2D eigenvalue weighted by molar-refractivity contribution is -0.125. The zero-order valence-corrected chi connectivity index (χ0v) is 20.4. The molecule has 0 saturated carbocycles. The molecule has 176 valence electrons. The number of amides is 2. The Balaban J connectivity index is 2.30. The van der Waals surface area contributed by atoms with E-state index in [-0.39, 0.29) is 5.69 Å². The van der Waals surface area contributed by atoms with Crippen molar-refractivity contribution < 1.29 is 27.1 Å². The smallest absolute Gasteiger partial charge is 0.251 e. The number of halogens is 1. The first-order valence-corrected chi connectivity index (χ1v) is 14.6. The van der Waals surface area contributed by atoms with Crippen LogP contribution in [0.2, 0.25) is 0 Å². The minimum atomic E-state index is -3.58. The molecule has 1 atom stereocenters. The van der Waals surface area contributed by atoms with E-state index >= 15 is 0 Å². The van der Waals surface area contributed by atoms with Crippen LogP contribution in [0, 0.1) is 5.82 Å². The van der Waals surface area contributed by atoms with Gasteiger partial charge >= 0.3 is 0 Å². The number of hydrogen-bond donors (Lipinski definition) is 2. The lowest BCUT2D eigenvalue weighted by Gasteiger charge is -2.26. The van der Waals surface area contributed by atoms with Gasteiger partial charge < -0.3 is 15.4 Å². The van der Waals surface area contributed by atoms with Gasteiger partial charge in [0, 0.05) is 23.9 Å². The number of rotatable bonds is 9. The molecule has 0 aliphatic carbocycles. The number of methoxy groups -OCH3 is 1. The van der Waals surface area contributed by atoms with Crippen molar-refractivity contribution in [1.29, 1.82) is 0 Å². The van der Waals surface area contributed by atoms with E-state index in [0.29, 0.717) is 17.1 Å². The molecule has 0 bridgehead atoms. The van der Waals surface area contributed by atoms with Gasteiger partial charge in [-0.1, -0.05) is 24.3 Å². The van der Waals surface area contributed by atoms with Crippen LogP contribution in [-0.2, 0) is 30.8 Å². The average Bonchev–Trinajstić information content (AvgIpc) is 2.64. The molecular weight excluding hydrogens is 455 g/mol. The van der Waals surface area contributed by atoms with Crippen LogP contribution < -0.4 is 10.6 Å². The summed E-state index contributed by atoms with van der Waals surface area (Å²) in [4.78, 5) is 25.8. The first-order chi connectivity index (χ1) is 14.8. The molecule has 2 aromatic carbocycles. The number of nitrogens with one attached hydrogen (secondary N) is 2. The zero-order chi connectivity index (χ0) is 24.1. The van der Waals surface area contributed by atoms with Crippen LogP contribution in [0.5, 0.6) is 0 Å². The van der Waals surface area contributed by atoms with Crippen molar-refractivity contribution in [3.05, 3.63) is 59.4 Å². The van der Waals surface area contributed by atoms with Crippen molar-refractivity contribution in [2.24, 2.45) is 0 Å². The largest absolute Gasteiger partial charge is 0.380 e. The molecule has 0 spiro atoms. The predicted molar refractivity (Wildman–Crippen MR) is 126 cm³/mol. The van der Waals surface area contributed by atoms with E-state index in [1.807, 2.05) is 18.8 Å². The van der Waals surface area contributed by atoms with Crippen LogP contribution in [0.4, 0.5) is 10.1 Å². The van der Waals surface area contributed by atoms with E-state index in [1.165, 1.54) is 6.07 Å². The van der Waals surface area contributed by atoms with Gasteiger partial charge in [0.05, 0.1) is 6.61 Å². The Morgan fingerprint density at radius 1 is 1.03 bits per heavy atom. The monoisotopic (exact) mass is 484 g/mol. The van der Waals surface area contributed by atoms with E-state index in [9.17, 15) is 22.4 Å². The second-order valence-electron chi connectivity index (χ2n) is 8.22. The third-order valence-corrected chi connectivity index (χ3v) is 6.88. The molecule has 10 heteroatoms. The molecule has 0 fully saturated rings. The van der Waals surface area contributed by atoms with Crippen molar-refractivity contribution in [2.45, 2.75) is 17.5 Å². The summed E-state index contributed by atoms with van der Waals surface area (Å²) in [5.74, 6) is -2.61. The normalized spacial score (nSPS) is 13.3. The fourth-order valence-corrected chi connectivity index (χ4v) is 4.68. The minimum Gasteiger partial charge on any atom is -0.380 e. The summed E-state index contributed by atoms with van der Waals surface area (Å²) in [7, 11) is -3.32. The van der Waals surface area contributed by atoms with Gasteiger partial charge in [-0.25, -0.2) is 22.8 Å². The number of sulfone groups is 1.